The first-order chi connectivity index (χ1) is 30.2. The summed E-state index contributed by atoms with van der Waals surface area (Å²) in [5.74, 6) is 0.694. The van der Waals surface area contributed by atoms with E-state index in [4.69, 9.17) is 35.5 Å². The van der Waals surface area contributed by atoms with Crippen molar-refractivity contribution in [1.82, 2.24) is 25.3 Å². The molecule has 0 aliphatic carbocycles. The summed E-state index contributed by atoms with van der Waals surface area (Å²) in [5.41, 5.74) is 5.88. The molecule has 0 saturated carbocycles. The SMILES string of the molecule is CCOC(=O)C(Cc1cc(CNCCCO)ccc1OCc1ccnc(-c2ccccc2OC)n1)Oc1ncnc2sc(-c3ccc(F)cc3)c(-c3ccc(C=O)c(Cl)c3C)c12. The van der Waals surface area contributed by atoms with Gasteiger partial charge in [-0.3, -0.25) is 4.79 Å². The number of aliphatic hydroxyl groups is 1. The minimum atomic E-state index is -1.21. The van der Waals surface area contributed by atoms with E-state index in [1.54, 1.807) is 50.6 Å². The molecule has 0 saturated heterocycles. The number of carbonyl (C=O) groups is 2. The number of nitrogens with zero attached hydrogens (tertiary/aromatic N) is 4. The molecule has 0 aliphatic heterocycles. The second kappa shape index (κ2) is 20.5. The third kappa shape index (κ3) is 9.90. The maximum atomic E-state index is 14.2. The van der Waals surface area contributed by atoms with Gasteiger partial charge < -0.3 is 29.4 Å². The lowest BCUT2D eigenvalue weighted by molar-refractivity contribution is -0.151. The Morgan fingerprint density at radius 2 is 1.82 bits per heavy atom. The van der Waals surface area contributed by atoms with Crippen LogP contribution in [-0.2, 0) is 29.1 Å². The van der Waals surface area contributed by atoms with Crippen LogP contribution in [0.25, 0.3) is 43.2 Å². The first-order valence-electron chi connectivity index (χ1n) is 19.9. The van der Waals surface area contributed by atoms with Crippen LogP contribution in [0, 0.1) is 12.7 Å². The fraction of sp³-hybridized carbons (Fsp3) is 0.234. The van der Waals surface area contributed by atoms with Crippen LogP contribution < -0.4 is 19.5 Å². The topological polar surface area (TPSA) is 155 Å². The van der Waals surface area contributed by atoms with Gasteiger partial charge in [-0.15, -0.1) is 11.3 Å². The molecule has 7 rings (SSSR count). The summed E-state index contributed by atoms with van der Waals surface area (Å²) >= 11 is 8.07. The lowest BCUT2D eigenvalue weighted by atomic mass is 9.95. The van der Waals surface area contributed by atoms with Gasteiger partial charge in [0.05, 0.1) is 35.4 Å². The van der Waals surface area contributed by atoms with Gasteiger partial charge in [0.1, 0.15) is 35.1 Å². The number of para-hydroxylation sites is 1. The number of carbonyl (C=O) groups excluding carboxylic acids is 2. The van der Waals surface area contributed by atoms with E-state index in [1.165, 1.54) is 29.8 Å². The van der Waals surface area contributed by atoms with Gasteiger partial charge in [-0.2, -0.15) is 0 Å². The number of rotatable bonds is 19. The minimum Gasteiger partial charge on any atom is -0.496 e. The lowest BCUT2D eigenvalue weighted by Crippen LogP contribution is -2.32. The Hall–Kier alpha value is -6.32. The summed E-state index contributed by atoms with van der Waals surface area (Å²) in [4.78, 5) is 45.4. The molecular weight excluding hydrogens is 833 g/mol. The first kappa shape index (κ1) is 43.8. The molecule has 0 bridgehead atoms. The van der Waals surface area contributed by atoms with Gasteiger partial charge in [0, 0.05) is 41.8 Å². The molecule has 62 heavy (non-hydrogen) atoms. The average molecular weight is 876 g/mol. The van der Waals surface area contributed by atoms with Gasteiger partial charge in [0.2, 0.25) is 12.0 Å². The minimum absolute atomic E-state index is 0.0174. The Labute approximate surface area is 366 Å². The van der Waals surface area contributed by atoms with E-state index in [0.29, 0.717) is 92.4 Å². The van der Waals surface area contributed by atoms with Gasteiger partial charge in [0.15, 0.2) is 12.1 Å². The van der Waals surface area contributed by atoms with Crippen LogP contribution in [0.3, 0.4) is 0 Å². The molecule has 0 fully saturated rings. The van der Waals surface area contributed by atoms with Crippen LogP contribution in [0.5, 0.6) is 17.4 Å². The number of halogens is 2. The predicted molar refractivity (Wildman–Crippen MR) is 236 cm³/mol. The van der Waals surface area contributed by atoms with E-state index >= 15 is 0 Å². The average Bonchev–Trinajstić information content (AvgIpc) is 3.68. The molecule has 12 nitrogen and oxygen atoms in total. The number of fused-ring (bicyclic) bond motifs is 1. The number of ether oxygens (including phenoxy) is 4. The number of aliphatic hydroxyl groups excluding tert-OH is 1. The Kier molecular flexibility index (Phi) is 14.5. The van der Waals surface area contributed by atoms with Crippen molar-refractivity contribution in [3.63, 3.8) is 0 Å². The fourth-order valence-electron chi connectivity index (χ4n) is 6.94. The maximum Gasteiger partial charge on any atom is 0.347 e. The molecular formula is C47H43ClFN5O7S. The monoisotopic (exact) mass is 875 g/mol. The van der Waals surface area contributed by atoms with Crippen LogP contribution in [0.15, 0.2) is 97.5 Å². The molecule has 318 valence electrons. The zero-order chi connectivity index (χ0) is 43.6. The van der Waals surface area contributed by atoms with Crippen LogP contribution >= 0.6 is 22.9 Å². The zero-order valence-electron chi connectivity index (χ0n) is 34.2. The summed E-state index contributed by atoms with van der Waals surface area (Å²) in [7, 11) is 1.59. The number of hydrogen-bond acceptors (Lipinski definition) is 13. The number of nitrogens with one attached hydrogen (secondary N) is 1. The highest BCUT2D eigenvalue weighted by Gasteiger charge is 2.29. The van der Waals surface area contributed by atoms with Crippen molar-refractivity contribution in [3.8, 4) is 50.3 Å². The highest BCUT2D eigenvalue weighted by atomic mass is 35.5. The Morgan fingerprint density at radius 3 is 2.60 bits per heavy atom. The van der Waals surface area contributed by atoms with Crippen LogP contribution in [0.2, 0.25) is 5.02 Å². The Bertz CT molecular complexity index is 2700. The highest BCUT2D eigenvalue weighted by Crippen LogP contribution is 2.49. The van der Waals surface area contributed by atoms with E-state index in [1.807, 2.05) is 49.4 Å². The summed E-state index contributed by atoms with van der Waals surface area (Å²) in [6, 6.07) is 24.5. The summed E-state index contributed by atoms with van der Waals surface area (Å²) in [6.07, 6.45) is 3.11. The Balaban J connectivity index is 1.28. The van der Waals surface area contributed by atoms with Gasteiger partial charge in [0.25, 0.3) is 0 Å². The second-order valence-electron chi connectivity index (χ2n) is 14.1. The quantitative estimate of drug-likeness (QED) is 0.0453. The molecule has 15 heteroatoms. The smallest absolute Gasteiger partial charge is 0.347 e. The van der Waals surface area contributed by atoms with Crippen molar-refractivity contribution in [2.75, 3.05) is 26.9 Å². The highest BCUT2D eigenvalue weighted by molar-refractivity contribution is 7.22. The van der Waals surface area contributed by atoms with Gasteiger partial charge in [-0.1, -0.05) is 54.1 Å². The first-order valence-corrected chi connectivity index (χ1v) is 21.0. The molecule has 0 amide bonds. The van der Waals surface area contributed by atoms with Gasteiger partial charge >= 0.3 is 5.97 Å². The third-order valence-electron chi connectivity index (χ3n) is 9.98. The van der Waals surface area contributed by atoms with E-state index in [-0.39, 0.29) is 37.1 Å². The molecule has 2 N–H and O–H groups in total. The van der Waals surface area contributed by atoms with Crippen LogP contribution in [-0.4, -0.2) is 70.3 Å². The summed E-state index contributed by atoms with van der Waals surface area (Å²) in [5, 5.41) is 13.4. The number of thiophene rings is 1. The van der Waals surface area contributed by atoms with Gasteiger partial charge in [-0.05, 0) is 97.1 Å². The predicted octanol–water partition coefficient (Wildman–Crippen LogP) is 9.01. The van der Waals surface area contributed by atoms with Crippen LogP contribution in [0.4, 0.5) is 4.39 Å². The van der Waals surface area contributed by atoms with Crippen molar-refractivity contribution in [1.29, 1.82) is 0 Å². The normalized spacial score (nSPS) is 11.6. The lowest BCUT2D eigenvalue weighted by Gasteiger charge is -2.20. The molecule has 0 spiro atoms. The van der Waals surface area contributed by atoms with Crippen LogP contribution in [0.1, 0.15) is 46.1 Å². The second-order valence-corrected chi connectivity index (χ2v) is 15.4. The molecule has 3 heterocycles. The largest absolute Gasteiger partial charge is 0.496 e. The van der Waals surface area contributed by atoms with E-state index < -0.39 is 17.9 Å². The molecule has 7 aromatic rings. The molecule has 1 atom stereocenters. The molecule has 1 unspecified atom stereocenters. The van der Waals surface area contributed by atoms with Crippen molar-refractivity contribution >= 4 is 45.4 Å². The molecule has 3 aromatic heterocycles. The summed E-state index contributed by atoms with van der Waals surface area (Å²) in [6.45, 7) is 4.87. The third-order valence-corrected chi connectivity index (χ3v) is 11.6. The van der Waals surface area contributed by atoms with Crippen molar-refractivity contribution in [3.05, 3.63) is 136 Å². The molecule has 4 aromatic carbocycles. The Morgan fingerprint density at radius 1 is 1.00 bits per heavy atom. The number of benzene rings is 4. The van der Waals surface area contributed by atoms with Crippen molar-refractivity contribution < 1.29 is 38.0 Å². The van der Waals surface area contributed by atoms with E-state index in [9.17, 15) is 19.1 Å². The number of esters is 1. The molecule has 0 radical (unpaired) electrons. The fourth-order valence-corrected chi connectivity index (χ4v) is 8.30. The maximum absolute atomic E-state index is 14.2. The standard InChI is InChI=1S/C47H43ClFN5O7S/c1-4-59-47(57)39(61-45-41-40(35-16-13-31(25-56)42(48)28(35)2)43(62-46(41)53-27-52-45)30-11-14-33(49)15-12-30)23-32-22-29(24-50-19-7-21-55)10-17-37(32)60-26-34-18-20-51-44(54-34)36-8-5-6-9-38(36)58-3/h5-6,8-18,20,22,25,27,39,50,55H,4,7,19,21,23-24,26H2,1-3H3. The molecule has 0 aliphatic rings. The van der Waals surface area contributed by atoms with E-state index in [0.717, 1.165) is 16.0 Å². The van der Waals surface area contributed by atoms with Crippen molar-refractivity contribution in [2.45, 2.75) is 45.9 Å². The summed E-state index contributed by atoms with van der Waals surface area (Å²) < 4.78 is 38.4. The number of aldehydes is 1. The number of methoxy groups -OCH3 is 1. The number of hydrogen-bond donors (Lipinski definition) is 2. The van der Waals surface area contributed by atoms with Gasteiger partial charge in [-0.25, -0.2) is 29.1 Å². The van der Waals surface area contributed by atoms with Crippen molar-refractivity contribution in [2.24, 2.45) is 0 Å². The number of aromatic nitrogens is 4. The van der Waals surface area contributed by atoms with E-state index in [2.05, 4.69) is 20.3 Å². The zero-order valence-corrected chi connectivity index (χ0v) is 35.8.